The van der Waals surface area contributed by atoms with Crippen LogP contribution in [-0.2, 0) is 14.8 Å². The summed E-state index contributed by atoms with van der Waals surface area (Å²) < 4.78 is 37.5. The van der Waals surface area contributed by atoms with Crippen LogP contribution in [0.25, 0.3) is 0 Å². The number of esters is 1. The standard InChI is InChI=1S/C24H23NO6S2/c1-25(21-6-4-5-7-23(21)30-2)33(28,29)20-14-10-18(11-15-20)24(27)31-16-22(26)17-8-12-19(32-3)13-9-17/h4-15H,16H2,1-3H3. The maximum Gasteiger partial charge on any atom is 0.338 e. The molecular weight excluding hydrogens is 462 g/mol. The van der Waals surface area contributed by atoms with Crippen molar-refractivity contribution in [3.63, 3.8) is 0 Å². The monoisotopic (exact) mass is 485 g/mol. The lowest BCUT2D eigenvalue weighted by atomic mass is 10.1. The van der Waals surface area contributed by atoms with Crippen molar-refractivity contribution in [2.24, 2.45) is 0 Å². The van der Waals surface area contributed by atoms with Crippen LogP contribution < -0.4 is 9.04 Å². The predicted octanol–water partition coefficient (Wildman–Crippen LogP) is 4.28. The maximum absolute atomic E-state index is 13.0. The largest absolute Gasteiger partial charge is 0.495 e. The Morgan fingerprint density at radius 2 is 1.52 bits per heavy atom. The van der Waals surface area contributed by atoms with Gasteiger partial charge >= 0.3 is 5.97 Å². The SMILES string of the molecule is COc1ccccc1N(C)S(=O)(=O)c1ccc(C(=O)OCC(=O)c2ccc(SC)cc2)cc1. The number of rotatable bonds is 9. The number of hydrogen-bond donors (Lipinski definition) is 0. The van der Waals surface area contributed by atoms with Crippen molar-refractivity contribution in [3.8, 4) is 5.75 Å². The molecule has 3 rings (SSSR count). The van der Waals surface area contributed by atoms with Crippen LogP contribution in [-0.4, -0.2) is 47.2 Å². The number of carbonyl (C=O) groups is 2. The van der Waals surface area contributed by atoms with E-state index in [0.717, 1.165) is 9.20 Å². The number of thioether (sulfide) groups is 1. The molecule has 3 aromatic rings. The van der Waals surface area contributed by atoms with E-state index in [4.69, 9.17) is 9.47 Å². The zero-order valence-electron chi connectivity index (χ0n) is 18.3. The first-order chi connectivity index (χ1) is 15.8. The molecule has 0 fully saturated rings. The van der Waals surface area contributed by atoms with E-state index in [1.54, 1.807) is 48.2 Å². The smallest absolute Gasteiger partial charge is 0.338 e. The fourth-order valence-corrected chi connectivity index (χ4v) is 4.63. The molecule has 0 N–H and O–H groups in total. The van der Waals surface area contributed by atoms with Crippen LogP contribution in [0.15, 0.2) is 82.6 Å². The molecular formula is C24H23NO6S2. The lowest BCUT2D eigenvalue weighted by molar-refractivity contribution is 0.0474. The zero-order valence-corrected chi connectivity index (χ0v) is 20.0. The molecule has 0 aliphatic carbocycles. The van der Waals surface area contributed by atoms with Crippen molar-refractivity contribution in [3.05, 3.63) is 83.9 Å². The van der Waals surface area contributed by atoms with Gasteiger partial charge in [0, 0.05) is 17.5 Å². The van der Waals surface area contributed by atoms with Gasteiger partial charge in [-0.05, 0) is 54.8 Å². The molecule has 0 aliphatic rings. The van der Waals surface area contributed by atoms with E-state index in [0.29, 0.717) is 17.0 Å². The Morgan fingerprint density at radius 3 is 2.12 bits per heavy atom. The van der Waals surface area contributed by atoms with Crippen molar-refractivity contribution in [1.29, 1.82) is 0 Å². The van der Waals surface area contributed by atoms with E-state index in [2.05, 4.69) is 0 Å². The number of sulfonamides is 1. The van der Waals surface area contributed by atoms with Crippen LogP contribution >= 0.6 is 11.8 Å². The summed E-state index contributed by atoms with van der Waals surface area (Å²) in [5, 5.41) is 0. The molecule has 0 atom stereocenters. The van der Waals surface area contributed by atoms with Gasteiger partial charge in [-0.2, -0.15) is 0 Å². The van der Waals surface area contributed by atoms with Crippen LogP contribution in [0.5, 0.6) is 5.75 Å². The number of anilines is 1. The van der Waals surface area contributed by atoms with E-state index >= 15 is 0 Å². The Hall–Kier alpha value is -3.30. The second-order valence-corrected chi connectivity index (χ2v) is 9.75. The molecule has 0 saturated carbocycles. The predicted molar refractivity (Wildman–Crippen MR) is 128 cm³/mol. The van der Waals surface area contributed by atoms with E-state index in [1.807, 2.05) is 18.4 Å². The topological polar surface area (TPSA) is 90.0 Å². The Bertz CT molecular complexity index is 1240. The van der Waals surface area contributed by atoms with Crippen LogP contribution in [0.3, 0.4) is 0 Å². The molecule has 7 nitrogen and oxygen atoms in total. The number of methoxy groups -OCH3 is 1. The molecule has 0 unspecified atom stereocenters. The highest BCUT2D eigenvalue weighted by molar-refractivity contribution is 7.98. The minimum atomic E-state index is -3.89. The third-order valence-electron chi connectivity index (χ3n) is 4.92. The quantitative estimate of drug-likeness (QED) is 0.254. The number of hydrogen-bond acceptors (Lipinski definition) is 7. The average molecular weight is 486 g/mol. The lowest BCUT2D eigenvalue weighted by Crippen LogP contribution is -2.27. The number of carbonyl (C=O) groups excluding carboxylic acids is 2. The highest BCUT2D eigenvalue weighted by Gasteiger charge is 2.24. The molecule has 0 radical (unpaired) electrons. The minimum absolute atomic E-state index is 0.00239. The molecule has 3 aromatic carbocycles. The second-order valence-electron chi connectivity index (χ2n) is 6.90. The third-order valence-corrected chi connectivity index (χ3v) is 7.45. The summed E-state index contributed by atoms with van der Waals surface area (Å²) in [6.07, 6.45) is 1.94. The van der Waals surface area contributed by atoms with Gasteiger partial charge in [-0.15, -0.1) is 11.8 Å². The highest BCUT2D eigenvalue weighted by Crippen LogP contribution is 2.30. The highest BCUT2D eigenvalue weighted by atomic mass is 32.2. The lowest BCUT2D eigenvalue weighted by Gasteiger charge is -2.21. The van der Waals surface area contributed by atoms with Crippen molar-refractivity contribution in [1.82, 2.24) is 0 Å². The summed E-state index contributed by atoms with van der Waals surface area (Å²) >= 11 is 1.56. The molecule has 33 heavy (non-hydrogen) atoms. The van der Waals surface area contributed by atoms with Crippen molar-refractivity contribution < 1.29 is 27.5 Å². The van der Waals surface area contributed by atoms with Crippen molar-refractivity contribution >= 4 is 39.2 Å². The molecule has 172 valence electrons. The van der Waals surface area contributed by atoms with Gasteiger partial charge < -0.3 is 9.47 Å². The Kier molecular flexibility index (Phi) is 7.78. The summed E-state index contributed by atoms with van der Waals surface area (Å²) in [5.41, 5.74) is 0.966. The number of para-hydroxylation sites is 2. The molecule has 0 aliphatic heterocycles. The van der Waals surface area contributed by atoms with Gasteiger partial charge in [-0.1, -0.05) is 24.3 Å². The molecule has 0 bridgehead atoms. The van der Waals surface area contributed by atoms with Crippen LogP contribution in [0.2, 0.25) is 0 Å². The molecule has 0 aromatic heterocycles. The third kappa shape index (κ3) is 5.55. The number of Topliss-reactive ketones (excluding diaryl/α,β-unsaturated/α-hetero) is 1. The second kappa shape index (κ2) is 10.5. The van der Waals surface area contributed by atoms with Crippen LogP contribution in [0.1, 0.15) is 20.7 Å². The number of ether oxygens (including phenoxy) is 2. The Balaban J connectivity index is 1.68. The van der Waals surface area contributed by atoms with Gasteiger partial charge in [0.05, 0.1) is 23.3 Å². The Morgan fingerprint density at radius 1 is 0.909 bits per heavy atom. The summed E-state index contributed by atoms with van der Waals surface area (Å²) in [5.74, 6) is -0.628. The van der Waals surface area contributed by atoms with E-state index in [1.165, 1.54) is 38.4 Å². The van der Waals surface area contributed by atoms with Crippen molar-refractivity contribution in [2.75, 3.05) is 31.3 Å². The van der Waals surface area contributed by atoms with E-state index in [9.17, 15) is 18.0 Å². The van der Waals surface area contributed by atoms with Gasteiger partial charge in [-0.3, -0.25) is 9.10 Å². The number of benzene rings is 3. The van der Waals surface area contributed by atoms with Gasteiger partial charge in [-0.25, -0.2) is 13.2 Å². The average Bonchev–Trinajstić information content (AvgIpc) is 2.86. The normalized spacial score (nSPS) is 11.0. The molecule has 9 heteroatoms. The first-order valence-corrected chi connectivity index (χ1v) is 12.5. The van der Waals surface area contributed by atoms with Gasteiger partial charge in [0.15, 0.2) is 12.4 Å². The fourth-order valence-electron chi connectivity index (χ4n) is 3.02. The van der Waals surface area contributed by atoms with Gasteiger partial charge in [0.25, 0.3) is 10.0 Å². The van der Waals surface area contributed by atoms with Crippen LogP contribution in [0.4, 0.5) is 5.69 Å². The number of nitrogens with zero attached hydrogens (tertiary/aromatic N) is 1. The van der Waals surface area contributed by atoms with Crippen molar-refractivity contribution in [2.45, 2.75) is 9.79 Å². The first-order valence-electron chi connectivity index (χ1n) is 9.84. The van der Waals surface area contributed by atoms with Crippen LogP contribution in [0, 0.1) is 0 Å². The molecule has 0 amide bonds. The number of ketones is 1. The first kappa shape index (κ1) is 24.3. The van der Waals surface area contributed by atoms with E-state index < -0.39 is 22.6 Å². The maximum atomic E-state index is 13.0. The molecule has 0 spiro atoms. The Labute approximate surface area is 197 Å². The zero-order chi connectivity index (χ0) is 24.0. The van der Waals surface area contributed by atoms with Gasteiger partial charge in [0.2, 0.25) is 0 Å². The van der Waals surface area contributed by atoms with Gasteiger partial charge in [0.1, 0.15) is 5.75 Å². The summed E-state index contributed by atoms with van der Waals surface area (Å²) in [6, 6.07) is 19.1. The summed E-state index contributed by atoms with van der Waals surface area (Å²) in [6.45, 7) is -0.409. The fraction of sp³-hybridized carbons (Fsp3) is 0.167. The van der Waals surface area contributed by atoms with E-state index in [-0.39, 0.29) is 16.2 Å². The molecule has 0 saturated heterocycles. The summed E-state index contributed by atoms with van der Waals surface area (Å²) in [4.78, 5) is 25.6. The summed E-state index contributed by atoms with van der Waals surface area (Å²) in [7, 11) is -1.00. The molecule has 0 heterocycles. The minimum Gasteiger partial charge on any atom is -0.495 e.